The molecular formula is C18H16N2. The summed E-state index contributed by atoms with van der Waals surface area (Å²) in [6.07, 6.45) is 1.82. The van der Waals surface area contributed by atoms with Crippen molar-refractivity contribution in [2.24, 2.45) is 0 Å². The van der Waals surface area contributed by atoms with Crippen LogP contribution in [0.3, 0.4) is 0 Å². The van der Waals surface area contributed by atoms with Gasteiger partial charge in [0.2, 0.25) is 0 Å². The van der Waals surface area contributed by atoms with Gasteiger partial charge in [0.25, 0.3) is 0 Å². The number of rotatable bonds is 4. The summed E-state index contributed by atoms with van der Waals surface area (Å²) in [5.74, 6) is 0. The topological polar surface area (TPSA) is 24.9 Å². The molecule has 0 spiro atoms. The molecule has 0 amide bonds. The van der Waals surface area contributed by atoms with Gasteiger partial charge in [-0.1, -0.05) is 48.5 Å². The molecule has 0 atom stereocenters. The minimum atomic E-state index is 0.735. The van der Waals surface area contributed by atoms with Crippen LogP contribution in [-0.2, 0) is 6.54 Å². The van der Waals surface area contributed by atoms with Crippen molar-refractivity contribution in [3.8, 4) is 11.1 Å². The van der Waals surface area contributed by atoms with Crippen LogP contribution in [0, 0.1) is 0 Å². The van der Waals surface area contributed by atoms with E-state index in [1.165, 1.54) is 11.1 Å². The van der Waals surface area contributed by atoms with Crippen molar-refractivity contribution in [2.75, 3.05) is 5.32 Å². The zero-order chi connectivity index (χ0) is 13.6. The summed E-state index contributed by atoms with van der Waals surface area (Å²) in [6.45, 7) is 0.735. The van der Waals surface area contributed by atoms with E-state index in [1.807, 2.05) is 30.5 Å². The van der Waals surface area contributed by atoms with Gasteiger partial charge in [-0.3, -0.25) is 4.98 Å². The molecule has 0 radical (unpaired) electrons. The van der Waals surface area contributed by atoms with Crippen LogP contribution < -0.4 is 5.32 Å². The minimum absolute atomic E-state index is 0.735. The van der Waals surface area contributed by atoms with Crippen molar-refractivity contribution in [3.63, 3.8) is 0 Å². The van der Waals surface area contributed by atoms with E-state index in [0.717, 1.165) is 17.9 Å². The average molecular weight is 260 g/mol. The second-order valence-electron chi connectivity index (χ2n) is 4.62. The Bertz CT molecular complexity index is 663. The fourth-order valence-electron chi connectivity index (χ4n) is 2.13. The van der Waals surface area contributed by atoms with Crippen LogP contribution in [0.15, 0.2) is 79.0 Å². The van der Waals surface area contributed by atoms with Gasteiger partial charge >= 0.3 is 0 Å². The Kier molecular flexibility index (Phi) is 3.74. The van der Waals surface area contributed by atoms with Crippen LogP contribution in [0.2, 0.25) is 0 Å². The molecule has 0 saturated heterocycles. The molecule has 2 aromatic carbocycles. The highest BCUT2D eigenvalue weighted by molar-refractivity contribution is 5.67. The Morgan fingerprint density at radius 3 is 2.35 bits per heavy atom. The third-order valence-electron chi connectivity index (χ3n) is 3.17. The molecule has 0 saturated carbocycles. The first-order valence-electron chi connectivity index (χ1n) is 6.71. The molecule has 0 unspecified atom stereocenters. The molecule has 98 valence electrons. The molecular weight excluding hydrogens is 244 g/mol. The molecule has 3 rings (SSSR count). The lowest BCUT2D eigenvalue weighted by Gasteiger charge is -2.08. The second kappa shape index (κ2) is 6.02. The van der Waals surface area contributed by atoms with E-state index in [9.17, 15) is 0 Å². The standard InChI is InChI=1S/C18H16N2/c1-2-7-15(8-3-1)16-9-6-11-17(13-16)20-14-18-10-4-5-12-19-18/h1-13,20H,14H2. The summed E-state index contributed by atoms with van der Waals surface area (Å²) in [4.78, 5) is 4.31. The van der Waals surface area contributed by atoms with Crippen LogP contribution in [0.1, 0.15) is 5.69 Å². The van der Waals surface area contributed by atoms with Crippen LogP contribution in [0.25, 0.3) is 11.1 Å². The molecule has 20 heavy (non-hydrogen) atoms. The van der Waals surface area contributed by atoms with Gasteiger partial charge in [0.05, 0.1) is 12.2 Å². The largest absolute Gasteiger partial charge is 0.379 e. The average Bonchev–Trinajstić information content (AvgIpc) is 2.55. The third kappa shape index (κ3) is 3.04. The van der Waals surface area contributed by atoms with E-state index in [2.05, 4.69) is 58.8 Å². The van der Waals surface area contributed by atoms with E-state index < -0.39 is 0 Å². The molecule has 0 aliphatic heterocycles. The van der Waals surface area contributed by atoms with Gasteiger partial charge in [-0.15, -0.1) is 0 Å². The molecule has 0 aliphatic rings. The zero-order valence-electron chi connectivity index (χ0n) is 11.2. The van der Waals surface area contributed by atoms with Crippen molar-refractivity contribution >= 4 is 5.69 Å². The Hall–Kier alpha value is -2.61. The Balaban J connectivity index is 1.75. The lowest BCUT2D eigenvalue weighted by Crippen LogP contribution is -2.00. The maximum atomic E-state index is 4.31. The summed E-state index contributed by atoms with van der Waals surface area (Å²) >= 11 is 0. The van der Waals surface area contributed by atoms with E-state index in [4.69, 9.17) is 0 Å². The maximum Gasteiger partial charge on any atom is 0.0594 e. The number of aromatic nitrogens is 1. The third-order valence-corrected chi connectivity index (χ3v) is 3.17. The van der Waals surface area contributed by atoms with Crippen LogP contribution in [0.4, 0.5) is 5.69 Å². The Morgan fingerprint density at radius 2 is 1.55 bits per heavy atom. The molecule has 1 heterocycles. The van der Waals surface area contributed by atoms with E-state index in [1.54, 1.807) is 0 Å². The molecule has 2 heteroatoms. The van der Waals surface area contributed by atoms with Crippen molar-refractivity contribution in [2.45, 2.75) is 6.54 Å². The highest BCUT2D eigenvalue weighted by atomic mass is 14.9. The quantitative estimate of drug-likeness (QED) is 0.754. The van der Waals surface area contributed by atoms with E-state index in [0.29, 0.717) is 0 Å². The van der Waals surface area contributed by atoms with Gasteiger partial charge in [-0.2, -0.15) is 0 Å². The lowest BCUT2D eigenvalue weighted by molar-refractivity contribution is 1.05. The molecule has 0 bridgehead atoms. The van der Waals surface area contributed by atoms with Gasteiger partial charge in [-0.05, 0) is 35.4 Å². The Morgan fingerprint density at radius 1 is 0.750 bits per heavy atom. The highest BCUT2D eigenvalue weighted by Crippen LogP contribution is 2.22. The predicted molar refractivity (Wildman–Crippen MR) is 83.4 cm³/mol. The highest BCUT2D eigenvalue weighted by Gasteiger charge is 1.99. The smallest absolute Gasteiger partial charge is 0.0594 e. The first-order chi connectivity index (χ1) is 9.92. The Labute approximate surface area is 119 Å². The molecule has 1 N–H and O–H groups in total. The van der Waals surface area contributed by atoms with E-state index in [-0.39, 0.29) is 0 Å². The predicted octanol–water partition coefficient (Wildman–Crippen LogP) is 4.36. The van der Waals surface area contributed by atoms with E-state index >= 15 is 0 Å². The van der Waals surface area contributed by atoms with Gasteiger partial charge in [0, 0.05) is 11.9 Å². The minimum Gasteiger partial charge on any atom is -0.379 e. The zero-order valence-corrected chi connectivity index (χ0v) is 11.2. The monoisotopic (exact) mass is 260 g/mol. The fraction of sp³-hybridized carbons (Fsp3) is 0.0556. The number of benzene rings is 2. The van der Waals surface area contributed by atoms with Crippen molar-refractivity contribution < 1.29 is 0 Å². The van der Waals surface area contributed by atoms with Crippen molar-refractivity contribution in [3.05, 3.63) is 84.7 Å². The van der Waals surface area contributed by atoms with Crippen molar-refractivity contribution in [1.82, 2.24) is 4.98 Å². The molecule has 1 aromatic heterocycles. The summed E-state index contributed by atoms with van der Waals surface area (Å²) in [7, 11) is 0. The maximum absolute atomic E-state index is 4.31. The fourth-order valence-corrected chi connectivity index (χ4v) is 2.13. The van der Waals surface area contributed by atoms with Crippen LogP contribution in [0.5, 0.6) is 0 Å². The number of anilines is 1. The number of hydrogen-bond donors (Lipinski definition) is 1. The van der Waals surface area contributed by atoms with Gasteiger partial charge in [0.1, 0.15) is 0 Å². The van der Waals surface area contributed by atoms with Gasteiger partial charge in [-0.25, -0.2) is 0 Å². The summed E-state index contributed by atoms with van der Waals surface area (Å²) in [5, 5.41) is 3.41. The second-order valence-corrected chi connectivity index (χ2v) is 4.62. The molecule has 0 fully saturated rings. The summed E-state index contributed by atoms with van der Waals surface area (Å²) < 4.78 is 0. The molecule has 3 aromatic rings. The first-order valence-corrected chi connectivity index (χ1v) is 6.71. The van der Waals surface area contributed by atoms with Crippen LogP contribution in [-0.4, -0.2) is 4.98 Å². The van der Waals surface area contributed by atoms with Crippen LogP contribution >= 0.6 is 0 Å². The SMILES string of the molecule is c1ccc(-c2cccc(NCc3ccccn3)c2)cc1. The van der Waals surface area contributed by atoms with Crippen molar-refractivity contribution in [1.29, 1.82) is 0 Å². The lowest BCUT2D eigenvalue weighted by atomic mass is 10.1. The summed E-state index contributed by atoms with van der Waals surface area (Å²) in [6, 6.07) is 24.8. The number of pyridine rings is 1. The normalized spacial score (nSPS) is 10.2. The van der Waals surface area contributed by atoms with Gasteiger partial charge in [0.15, 0.2) is 0 Å². The first kappa shape index (κ1) is 12.4. The van der Waals surface area contributed by atoms with Gasteiger partial charge < -0.3 is 5.32 Å². The number of hydrogen-bond acceptors (Lipinski definition) is 2. The summed E-state index contributed by atoms with van der Waals surface area (Å²) in [5.41, 5.74) is 4.60. The number of nitrogens with one attached hydrogen (secondary N) is 1. The molecule has 0 aliphatic carbocycles. The number of nitrogens with zero attached hydrogens (tertiary/aromatic N) is 1. The molecule has 2 nitrogen and oxygen atoms in total.